The van der Waals surface area contributed by atoms with Crippen molar-refractivity contribution in [1.29, 1.82) is 0 Å². The van der Waals surface area contributed by atoms with Crippen LogP contribution in [0.25, 0.3) is 0 Å². The Morgan fingerprint density at radius 2 is 2.35 bits per heavy atom. The second kappa shape index (κ2) is 5.71. The summed E-state index contributed by atoms with van der Waals surface area (Å²) >= 11 is 6.33. The van der Waals surface area contributed by atoms with Crippen molar-refractivity contribution in [2.75, 3.05) is 32.2 Å². The molecule has 1 aliphatic rings. The van der Waals surface area contributed by atoms with Gasteiger partial charge in [-0.25, -0.2) is 0 Å². The average molecular weight is 255 g/mol. The van der Waals surface area contributed by atoms with Crippen molar-refractivity contribution in [3.63, 3.8) is 0 Å². The molecule has 1 aromatic carbocycles. The van der Waals surface area contributed by atoms with E-state index in [1.165, 1.54) is 5.56 Å². The first-order valence-corrected chi connectivity index (χ1v) is 6.33. The molecule has 3 nitrogen and oxygen atoms in total. The van der Waals surface area contributed by atoms with Crippen LogP contribution in [0.1, 0.15) is 12.0 Å². The summed E-state index contributed by atoms with van der Waals surface area (Å²) in [6.45, 7) is 2.49. The van der Waals surface area contributed by atoms with Gasteiger partial charge in [-0.2, -0.15) is 0 Å². The van der Waals surface area contributed by atoms with Gasteiger partial charge in [-0.1, -0.05) is 17.7 Å². The second-order valence-corrected chi connectivity index (χ2v) is 4.85. The minimum Gasteiger partial charge on any atom is -0.379 e. The molecule has 0 aromatic heterocycles. The van der Waals surface area contributed by atoms with Gasteiger partial charge in [-0.15, -0.1) is 0 Å². The van der Waals surface area contributed by atoms with Crippen LogP contribution in [0.2, 0.25) is 5.02 Å². The molecular formula is C13H19ClN2O. The molecule has 17 heavy (non-hydrogen) atoms. The molecule has 1 heterocycles. The molecule has 0 bridgehead atoms. The minimum absolute atomic E-state index is 0.447. The summed E-state index contributed by atoms with van der Waals surface area (Å²) in [6.07, 6.45) is 1.07. The first kappa shape index (κ1) is 12.7. The average Bonchev–Trinajstić information content (AvgIpc) is 2.82. The van der Waals surface area contributed by atoms with Crippen LogP contribution in [-0.4, -0.2) is 33.4 Å². The van der Waals surface area contributed by atoms with Gasteiger partial charge in [0, 0.05) is 20.2 Å². The summed E-state index contributed by atoms with van der Waals surface area (Å²) in [5.74, 6) is 0. The smallest absolute Gasteiger partial charge is 0.0670 e. The lowest BCUT2D eigenvalue weighted by Gasteiger charge is -2.26. The van der Waals surface area contributed by atoms with Crippen molar-refractivity contribution in [3.05, 3.63) is 28.8 Å². The second-order valence-electron chi connectivity index (χ2n) is 4.44. The molecule has 0 amide bonds. The van der Waals surface area contributed by atoms with Gasteiger partial charge < -0.3 is 15.0 Å². The number of hydrogen-bond donors (Lipinski definition) is 1. The molecule has 94 valence electrons. The fourth-order valence-corrected chi connectivity index (χ4v) is 2.51. The lowest BCUT2D eigenvalue weighted by molar-refractivity contribution is 0.193. The van der Waals surface area contributed by atoms with E-state index < -0.39 is 0 Å². The summed E-state index contributed by atoms with van der Waals surface area (Å²) in [5, 5.41) is 3.93. The molecule has 4 heteroatoms. The number of likely N-dealkylation sites (N-methyl/N-ethyl adjacent to an activating group) is 1. The maximum atomic E-state index is 6.33. The van der Waals surface area contributed by atoms with Crippen molar-refractivity contribution in [2.24, 2.45) is 0 Å². The highest BCUT2D eigenvalue weighted by molar-refractivity contribution is 6.33. The highest BCUT2D eigenvalue weighted by Crippen LogP contribution is 2.29. The molecule has 0 saturated carbocycles. The van der Waals surface area contributed by atoms with Crippen LogP contribution in [0.4, 0.5) is 5.69 Å². The largest absolute Gasteiger partial charge is 0.379 e. The molecule has 1 N–H and O–H groups in total. The van der Waals surface area contributed by atoms with Gasteiger partial charge in [0.25, 0.3) is 0 Å². The van der Waals surface area contributed by atoms with Crippen LogP contribution in [0.15, 0.2) is 18.2 Å². The lowest BCUT2D eigenvalue weighted by atomic mass is 10.1. The van der Waals surface area contributed by atoms with Crippen LogP contribution in [0, 0.1) is 0 Å². The molecule has 2 rings (SSSR count). The number of benzene rings is 1. The molecule has 1 saturated heterocycles. The predicted molar refractivity (Wildman–Crippen MR) is 71.8 cm³/mol. The number of rotatable bonds is 4. The summed E-state index contributed by atoms with van der Waals surface area (Å²) < 4.78 is 5.41. The Hall–Kier alpha value is -0.770. The number of nitrogens with one attached hydrogen (secondary N) is 1. The lowest BCUT2D eigenvalue weighted by Crippen LogP contribution is -2.31. The third-order valence-electron chi connectivity index (χ3n) is 3.23. The Morgan fingerprint density at radius 3 is 2.94 bits per heavy atom. The van der Waals surface area contributed by atoms with E-state index in [1.54, 1.807) is 0 Å². The fourth-order valence-electron chi connectivity index (χ4n) is 2.17. The van der Waals surface area contributed by atoms with E-state index in [0.29, 0.717) is 6.04 Å². The topological polar surface area (TPSA) is 24.5 Å². The Bertz CT molecular complexity index is 378. The summed E-state index contributed by atoms with van der Waals surface area (Å²) in [7, 11) is 4.02. The van der Waals surface area contributed by atoms with Crippen molar-refractivity contribution in [1.82, 2.24) is 5.32 Å². The van der Waals surface area contributed by atoms with E-state index in [0.717, 1.165) is 36.9 Å². The zero-order valence-electron chi connectivity index (χ0n) is 10.4. The highest BCUT2D eigenvalue weighted by atomic mass is 35.5. The number of nitrogens with zero attached hydrogens (tertiary/aromatic N) is 1. The zero-order valence-corrected chi connectivity index (χ0v) is 11.1. The fraction of sp³-hybridized carbons (Fsp3) is 0.538. The van der Waals surface area contributed by atoms with Crippen LogP contribution < -0.4 is 10.2 Å². The van der Waals surface area contributed by atoms with E-state index in [-0.39, 0.29) is 0 Å². The minimum atomic E-state index is 0.447. The molecule has 1 aromatic rings. The molecule has 1 aliphatic heterocycles. The first-order valence-electron chi connectivity index (χ1n) is 5.96. The first-order chi connectivity index (χ1) is 8.22. The molecule has 1 unspecified atom stereocenters. The number of halogens is 1. The van der Waals surface area contributed by atoms with Gasteiger partial charge in [0.15, 0.2) is 0 Å². The van der Waals surface area contributed by atoms with E-state index in [2.05, 4.69) is 29.4 Å². The maximum Gasteiger partial charge on any atom is 0.0670 e. The predicted octanol–water partition coefficient (Wildman–Crippen LogP) is 2.28. The van der Waals surface area contributed by atoms with Gasteiger partial charge in [-0.3, -0.25) is 0 Å². The van der Waals surface area contributed by atoms with Crippen molar-refractivity contribution in [2.45, 2.75) is 19.0 Å². The van der Waals surface area contributed by atoms with Crippen molar-refractivity contribution >= 4 is 17.3 Å². The summed E-state index contributed by atoms with van der Waals surface area (Å²) in [6, 6.07) is 6.68. The van der Waals surface area contributed by atoms with Gasteiger partial charge in [0.1, 0.15) is 0 Å². The molecule has 0 spiro atoms. The molecule has 0 aliphatic carbocycles. The third-order valence-corrected chi connectivity index (χ3v) is 3.53. The van der Waals surface area contributed by atoms with Gasteiger partial charge in [0.2, 0.25) is 0 Å². The van der Waals surface area contributed by atoms with Crippen LogP contribution in [0.3, 0.4) is 0 Å². The molecular weight excluding hydrogens is 236 g/mol. The maximum absolute atomic E-state index is 6.33. The summed E-state index contributed by atoms with van der Waals surface area (Å²) in [5.41, 5.74) is 2.29. The summed E-state index contributed by atoms with van der Waals surface area (Å²) in [4.78, 5) is 2.22. The monoisotopic (exact) mass is 254 g/mol. The Morgan fingerprint density at radius 1 is 1.53 bits per heavy atom. The van der Waals surface area contributed by atoms with E-state index in [4.69, 9.17) is 16.3 Å². The van der Waals surface area contributed by atoms with Gasteiger partial charge >= 0.3 is 0 Å². The van der Waals surface area contributed by atoms with Crippen LogP contribution in [-0.2, 0) is 11.3 Å². The quantitative estimate of drug-likeness (QED) is 0.892. The number of anilines is 1. The standard InChI is InChI=1S/C13H19ClN2O/c1-15-8-10-3-4-13(12(14)7-10)16(2)11-5-6-17-9-11/h3-4,7,11,15H,5-6,8-9H2,1-2H3. The third kappa shape index (κ3) is 2.92. The van der Waals surface area contributed by atoms with Crippen LogP contribution in [0.5, 0.6) is 0 Å². The number of ether oxygens (including phenoxy) is 1. The highest BCUT2D eigenvalue weighted by Gasteiger charge is 2.21. The molecule has 1 atom stereocenters. The van der Waals surface area contributed by atoms with Gasteiger partial charge in [0.05, 0.1) is 23.4 Å². The van der Waals surface area contributed by atoms with Crippen molar-refractivity contribution < 1.29 is 4.74 Å². The van der Waals surface area contributed by atoms with E-state index in [1.807, 2.05) is 13.1 Å². The molecule has 0 radical (unpaired) electrons. The zero-order chi connectivity index (χ0) is 12.3. The van der Waals surface area contributed by atoms with E-state index in [9.17, 15) is 0 Å². The number of hydrogen-bond acceptors (Lipinski definition) is 3. The normalized spacial score (nSPS) is 19.6. The Labute approximate surface area is 108 Å². The van der Waals surface area contributed by atoms with E-state index >= 15 is 0 Å². The van der Waals surface area contributed by atoms with Crippen molar-refractivity contribution in [3.8, 4) is 0 Å². The van der Waals surface area contributed by atoms with Crippen LogP contribution >= 0.6 is 11.6 Å². The Balaban J connectivity index is 2.14. The van der Waals surface area contributed by atoms with Gasteiger partial charge in [-0.05, 0) is 31.2 Å². The Kier molecular flexibility index (Phi) is 4.26. The molecule has 1 fully saturated rings. The SMILES string of the molecule is CNCc1ccc(N(C)C2CCOC2)c(Cl)c1.